The highest BCUT2D eigenvalue weighted by molar-refractivity contribution is 5.96. The molecule has 0 bridgehead atoms. The Labute approximate surface area is 206 Å². The van der Waals surface area contributed by atoms with Gasteiger partial charge in [-0.3, -0.25) is 9.69 Å². The van der Waals surface area contributed by atoms with Gasteiger partial charge in [-0.2, -0.15) is 0 Å². The summed E-state index contributed by atoms with van der Waals surface area (Å²) < 4.78 is 11.2. The fraction of sp³-hybridized carbons (Fsp3) is 0.571. The van der Waals surface area contributed by atoms with E-state index in [1.165, 1.54) is 19.3 Å². The van der Waals surface area contributed by atoms with Crippen molar-refractivity contribution in [2.75, 3.05) is 39.8 Å². The van der Waals surface area contributed by atoms with Crippen molar-refractivity contribution in [2.45, 2.75) is 64.3 Å². The fourth-order valence-corrected chi connectivity index (χ4v) is 6.01. The molecular formula is C28H37N3O4. The van der Waals surface area contributed by atoms with Crippen LogP contribution in [-0.2, 0) is 11.2 Å². The van der Waals surface area contributed by atoms with Crippen LogP contribution in [-0.4, -0.2) is 61.0 Å². The molecule has 1 amide bonds. The minimum absolute atomic E-state index is 0.00380. The number of nitrogens with one attached hydrogen (secondary N) is 1. The Hall–Kier alpha value is -2.64. The third-order valence-corrected chi connectivity index (χ3v) is 8.35. The zero-order chi connectivity index (χ0) is 24.6. The minimum atomic E-state index is -0.369. The van der Waals surface area contributed by atoms with Crippen LogP contribution in [0, 0.1) is 13.8 Å². The van der Waals surface area contributed by atoms with E-state index in [2.05, 4.69) is 22.2 Å². The number of carbonyl (C=O) groups is 1. The van der Waals surface area contributed by atoms with Gasteiger partial charge in [-0.15, -0.1) is 0 Å². The Morgan fingerprint density at radius 2 is 1.77 bits per heavy atom. The summed E-state index contributed by atoms with van der Waals surface area (Å²) in [6, 6.07) is 3.80. The molecule has 0 spiro atoms. The molecule has 188 valence electrons. The second-order valence-electron chi connectivity index (χ2n) is 10.6. The van der Waals surface area contributed by atoms with Crippen LogP contribution < -0.4 is 10.9 Å². The van der Waals surface area contributed by atoms with E-state index in [-0.39, 0.29) is 23.5 Å². The zero-order valence-corrected chi connectivity index (χ0v) is 21.2. The lowest BCUT2D eigenvalue weighted by Gasteiger charge is -2.49. The molecule has 2 aliphatic rings. The lowest BCUT2D eigenvalue weighted by atomic mass is 9.79. The number of fused-ring (bicyclic) bond motifs is 2. The van der Waals surface area contributed by atoms with Crippen LogP contribution >= 0.6 is 0 Å². The van der Waals surface area contributed by atoms with Crippen LogP contribution in [0.5, 0.6) is 0 Å². The Bertz CT molecular complexity index is 1280. The Balaban J connectivity index is 1.28. The minimum Gasteiger partial charge on any atom is -0.464 e. The van der Waals surface area contributed by atoms with Crippen molar-refractivity contribution in [1.29, 1.82) is 0 Å². The highest BCUT2D eigenvalue weighted by Gasteiger charge is 2.39. The largest absolute Gasteiger partial charge is 0.464 e. The highest BCUT2D eigenvalue weighted by atomic mass is 16.4. The second-order valence-corrected chi connectivity index (χ2v) is 10.6. The number of benzene rings is 1. The maximum Gasteiger partial charge on any atom is 0.339 e. The SMILES string of the molecule is Cc1coc2cc3oc(=O)c(CCC(=O)NCC4(N5CCN(C)CC5)CCCCC4)c(C)c3cc12. The molecule has 1 saturated heterocycles. The van der Waals surface area contributed by atoms with E-state index < -0.39 is 0 Å². The molecule has 7 nitrogen and oxygen atoms in total. The summed E-state index contributed by atoms with van der Waals surface area (Å²) in [5.74, 6) is 0.00380. The highest BCUT2D eigenvalue weighted by Crippen LogP contribution is 2.34. The third-order valence-electron chi connectivity index (χ3n) is 8.35. The number of rotatable bonds is 6. The van der Waals surface area contributed by atoms with Gasteiger partial charge < -0.3 is 19.1 Å². The van der Waals surface area contributed by atoms with E-state index >= 15 is 0 Å². The zero-order valence-electron chi connectivity index (χ0n) is 21.2. The number of hydrogen-bond acceptors (Lipinski definition) is 6. The van der Waals surface area contributed by atoms with Crippen LogP contribution in [0.25, 0.3) is 21.9 Å². The number of piperazine rings is 1. The van der Waals surface area contributed by atoms with Crippen molar-refractivity contribution in [3.05, 3.63) is 45.5 Å². The molecule has 35 heavy (non-hydrogen) atoms. The summed E-state index contributed by atoms with van der Waals surface area (Å²) in [6.45, 7) is 8.92. The quantitative estimate of drug-likeness (QED) is 0.535. The molecule has 2 fully saturated rings. The first-order valence-electron chi connectivity index (χ1n) is 13.0. The van der Waals surface area contributed by atoms with Crippen LogP contribution in [0.3, 0.4) is 0 Å². The van der Waals surface area contributed by atoms with Crippen molar-refractivity contribution in [3.63, 3.8) is 0 Å². The van der Waals surface area contributed by atoms with Crippen molar-refractivity contribution in [3.8, 4) is 0 Å². The summed E-state index contributed by atoms with van der Waals surface area (Å²) in [5.41, 5.74) is 3.45. The Morgan fingerprint density at radius 3 is 2.51 bits per heavy atom. The summed E-state index contributed by atoms with van der Waals surface area (Å²) in [6.07, 6.45) is 8.39. The predicted octanol–water partition coefficient (Wildman–Crippen LogP) is 4.16. The van der Waals surface area contributed by atoms with Gasteiger partial charge in [0.15, 0.2) is 0 Å². The average Bonchev–Trinajstić information content (AvgIpc) is 3.22. The second kappa shape index (κ2) is 9.78. The van der Waals surface area contributed by atoms with Crippen LogP contribution in [0.15, 0.2) is 32.0 Å². The lowest BCUT2D eigenvalue weighted by Crippen LogP contribution is -2.61. The average molecular weight is 480 g/mol. The summed E-state index contributed by atoms with van der Waals surface area (Å²) in [5, 5.41) is 5.15. The number of carbonyl (C=O) groups excluding carboxylic acids is 1. The van der Waals surface area contributed by atoms with E-state index in [4.69, 9.17) is 8.83 Å². The summed E-state index contributed by atoms with van der Waals surface area (Å²) in [7, 11) is 2.18. The number of likely N-dealkylation sites (N-methyl/N-ethyl adjacent to an activating group) is 1. The molecule has 1 N–H and O–H groups in total. The summed E-state index contributed by atoms with van der Waals surface area (Å²) >= 11 is 0. The molecule has 0 radical (unpaired) electrons. The maximum absolute atomic E-state index is 12.9. The van der Waals surface area contributed by atoms with E-state index in [9.17, 15) is 9.59 Å². The van der Waals surface area contributed by atoms with Crippen LogP contribution in [0.4, 0.5) is 0 Å². The molecule has 1 aliphatic carbocycles. The van der Waals surface area contributed by atoms with E-state index in [0.717, 1.165) is 60.9 Å². The maximum atomic E-state index is 12.9. The van der Waals surface area contributed by atoms with Gasteiger partial charge in [-0.05, 0) is 57.4 Å². The van der Waals surface area contributed by atoms with Gasteiger partial charge in [0.1, 0.15) is 11.2 Å². The van der Waals surface area contributed by atoms with Crippen molar-refractivity contribution in [1.82, 2.24) is 15.1 Å². The topological polar surface area (TPSA) is 78.9 Å². The fourth-order valence-electron chi connectivity index (χ4n) is 6.01. The van der Waals surface area contributed by atoms with Gasteiger partial charge in [0, 0.05) is 67.1 Å². The first kappa shape index (κ1) is 24.1. The first-order valence-corrected chi connectivity index (χ1v) is 13.0. The molecule has 5 rings (SSSR count). The molecule has 7 heteroatoms. The van der Waals surface area contributed by atoms with Gasteiger partial charge >= 0.3 is 5.63 Å². The molecule has 0 unspecified atom stereocenters. The predicted molar refractivity (Wildman–Crippen MR) is 138 cm³/mol. The van der Waals surface area contributed by atoms with Gasteiger partial charge in [-0.1, -0.05) is 19.3 Å². The number of nitrogens with zero attached hydrogens (tertiary/aromatic N) is 2. The standard InChI is InChI=1S/C28H37N3O4/c1-19-17-34-24-16-25-23(15-22(19)24)20(2)21(27(33)35-25)7-8-26(32)29-18-28(9-5-4-6-10-28)31-13-11-30(3)12-14-31/h15-17H,4-14,18H2,1-3H3,(H,29,32). The molecule has 3 aromatic rings. The monoisotopic (exact) mass is 479 g/mol. The van der Waals surface area contributed by atoms with Gasteiger partial charge in [0.25, 0.3) is 0 Å². The van der Waals surface area contributed by atoms with Gasteiger partial charge in [-0.25, -0.2) is 4.79 Å². The smallest absolute Gasteiger partial charge is 0.339 e. The van der Waals surface area contributed by atoms with E-state index in [0.29, 0.717) is 29.7 Å². The number of amides is 1. The lowest BCUT2D eigenvalue weighted by molar-refractivity contribution is -0.122. The molecular weight excluding hydrogens is 442 g/mol. The molecule has 1 saturated carbocycles. The molecule has 1 aromatic carbocycles. The number of furan rings is 1. The number of aryl methyl sites for hydroxylation is 2. The number of hydrogen-bond donors (Lipinski definition) is 1. The molecule has 0 atom stereocenters. The third kappa shape index (κ3) is 4.76. The molecule has 3 heterocycles. The van der Waals surface area contributed by atoms with Crippen molar-refractivity contribution >= 4 is 27.8 Å². The molecule has 1 aliphatic heterocycles. The van der Waals surface area contributed by atoms with Gasteiger partial charge in [0.05, 0.1) is 6.26 Å². The van der Waals surface area contributed by atoms with Gasteiger partial charge in [0.2, 0.25) is 5.91 Å². The van der Waals surface area contributed by atoms with E-state index in [1.807, 2.05) is 19.9 Å². The normalized spacial score (nSPS) is 19.4. The first-order chi connectivity index (χ1) is 16.9. The van der Waals surface area contributed by atoms with E-state index in [1.54, 1.807) is 12.3 Å². The molecule has 2 aromatic heterocycles. The van der Waals surface area contributed by atoms with Crippen molar-refractivity contribution in [2.24, 2.45) is 0 Å². The Kier molecular flexibility index (Phi) is 6.73. The Morgan fingerprint density at radius 1 is 1.03 bits per heavy atom. The summed E-state index contributed by atoms with van der Waals surface area (Å²) in [4.78, 5) is 30.7. The van der Waals surface area contributed by atoms with Crippen LogP contribution in [0.1, 0.15) is 55.2 Å². The van der Waals surface area contributed by atoms with Crippen molar-refractivity contribution < 1.29 is 13.6 Å². The van der Waals surface area contributed by atoms with Crippen LogP contribution in [0.2, 0.25) is 0 Å².